The van der Waals surface area contributed by atoms with Crippen LogP contribution in [0.4, 0.5) is 13.2 Å². The SMILES string of the molecule is CCNC(=NCc1ccc2c(c1)OCO2)NCCCN(C)CC(F)(F)F.I. The van der Waals surface area contributed by atoms with Crippen molar-refractivity contribution in [1.29, 1.82) is 0 Å². The van der Waals surface area contributed by atoms with Crippen molar-refractivity contribution < 1.29 is 22.6 Å². The Morgan fingerprint density at radius 3 is 2.67 bits per heavy atom. The molecule has 0 unspecified atom stereocenters. The minimum Gasteiger partial charge on any atom is -0.454 e. The topological polar surface area (TPSA) is 58.1 Å². The molecule has 1 heterocycles. The van der Waals surface area contributed by atoms with E-state index >= 15 is 0 Å². The van der Waals surface area contributed by atoms with E-state index in [2.05, 4.69) is 15.6 Å². The molecule has 0 saturated heterocycles. The smallest absolute Gasteiger partial charge is 0.401 e. The van der Waals surface area contributed by atoms with Crippen molar-refractivity contribution in [3.8, 4) is 11.5 Å². The van der Waals surface area contributed by atoms with E-state index in [9.17, 15) is 13.2 Å². The van der Waals surface area contributed by atoms with Gasteiger partial charge in [-0.2, -0.15) is 13.2 Å². The third-order valence-corrected chi connectivity index (χ3v) is 3.66. The summed E-state index contributed by atoms with van der Waals surface area (Å²) in [6.07, 6.45) is -3.58. The van der Waals surface area contributed by atoms with E-state index in [1.807, 2.05) is 25.1 Å². The Morgan fingerprint density at radius 2 is 1.96 bits per heavy atom. The maximum atomic E-state index is 12.3. The van der Waals surface area contributed by atoms with E-state index in [1.54, 1.807) is 0 Å². The Hall–Kier alpha value is -1.43. The van der Waals surface area contributed by atoms with E-state index < -0.39 is 12.7 Å². The molecule has 1 aliphatic heterocycles. The quantitative estimate of drug-likeness (QED) is 0.248. The molecule has 27 heavy (non-hydrogen) atoms. The normalized spacial score (nSPS) is 13.5. The number of guanidine groups is 1. The fraction of sp³-hybridized carbons (Fsp3) is 0.588. The first-order chi connectivity index (χ1) is 12.4. The number of alkyl halides is 3. The van der Waals surface area contributed by atoms with Crippen molar-refractivity contribution in [2.45, 2.75) is 26.1 Å². The lowest BCUT2D eigenvalue weighted by Crippen LogP contribution is -2.39. The van der Waals surface area contributed by atoms with Gasteiger partial charge in [-0.15, -0.1) is 24.0 Å². The molecule has 0 atom stereocenters. The average molecular weight is 502 g/mol. The molecule has 10 heteroatoms. The number of nitrogens with one attached hydrogen (secondary N) is 2. The minimum atomic E-state index is -4.16. The summed E-state index contributed by atoms with van der Waals surface area (Å²) >= 11 is 0. The van der Waals surface area contributed by atoms with Gasteiger partial charge in [0.15, 0.2) is 17.5 Å². The molecule has 1 aliphatic rings. The van der Waals surface area contributed by atoms with Gasteiger partial charge in [-0.25, -0.2) is 4.99 Å². The van der Waals surface area contributed by atoms with Crippen molar-refractivity contribution in [2.75, 3.05) is 40.0 Å². The molecule has 0 bridgehead atoms. The van der Waals surface area contributed by atoms with Crippen LogP contribution in [0.25, 0.3) is 0 Å². The van der Waals surface area contributed by atoms with Crippen LogP contribution in [0, 0.1) is 0 Å². The zero-order valence-electron chi connectivity index (χ0n) is 15.4. The maximum Gasteiger partial charge on any atom is 0.401 e. The van der Waals surface area contributed by atoms with Crippen LogP contribution >= 0.6 is 24.0 Å². The van der Waals surface area contributed by atoms with Crippen molar-refractivity contribution in [2.24, 2.45) is 4.99 Å². The molecule has 0 spiro atoms. The van der Waals surface area contributed by atoms with E-state index in [4.69, 9.17) is 9.47 Å². The second-order valence-corrected chi connectivity index (χ2v) is 6.02. The molecule has 0 amide bonds. The summed E-state index contributed by atoms with van der Waals surface area (Å²) in [4.78, 5) is 5.75. The number of rotatable bonds is 8. The Kier molecular flexibility index (Phi) is 9.99. The van der Waals surface area contributed by atoms with Gasteiger partial charge < -0.3 is 20.1 Å². The number of fused-ring (bicyclic) bond motifs is 1. The first-order valence-electron chi connectivity index (χ1n) is 8.53. The van der Waals surface area contributed by atoms with Crippen LogP contribution in [-0.4, -0.2) is 57.1 Å². The van der Waals surface area contributed by atoms with Crippen LogP contribution in [0.1, 0.15) is 18.9 Å². The third-order valence-electron chi connectivity index (χ3n) is 3.66. The lowest BCUT2D eigenvalue weighted by Gasteiger charge is -2.18. The molecule has 0 saturated carbocycles. The van der Waals surface area contributed by atoms with E-state index in [-0.39, 0.29) is 30.8 Å². The van der Waals surface area contributed by atoms with Crippen molar-refractivity contribution >= 4 is 29.9 Å². The lowest BCUT2D eigenvalue weighted by molar-refractivity contribution is -0.143. The first-order valence-corrected chi connectivity index (χ1v) is 8.53. The number of nitrogens with zero attached hydrogens (tertiary/aromatic N) is 2. The van der Waals surface area contributed by atoms with E-state index in [1.165, 1.54) is 11.9 Å². The number of ether oxygens (including phenoxy) is 2. The standard InChI is InChI=1S/C17H25F3N4O2.HI/c1-3-21-16(22-7-4-8-24(2)11-17(18,19)20)23-10-13-5-6-14-15(9-13)26-12-25-14;/h5-6,9H,3-4,7-8,10-12H2,1-2H3,(H2,21,22,23);1H. The second-order valence-electron chi connectivity index (χ2n) is 6.02. The summed E-state index contributed by atoms with van der Waals surface area (Å²) in [5.41, 5.74) is 0.983. The van der Waals surface area contributed by atoms with Crippen LogP contribution in [-0.2, 0) is 6.54 Å². The van der Waals surface area contributed by atoms with Gasteiger partial charge in [-0.05, 0) is 44.6 Å². The monoisotopic (exact) mass is 502 g/mol. The van der Waals surface area contributed by atoms with E-state index in [0.29, 0.717) is 44.3 Å². The van der Waals surface area contributed by atoms with Gasteiger partial charge in [0.1, 0.15) is 0 Å². The highest BCUT2D eigenvalue weighted by Gasteiger charge is 2.28. The fourth-order valence-electron chi connectivity index (χ4n) is 2.49. The largest absolute Gasteiger partial charge is 0.454 e. The van der Waals surface area contributed by atoms with Gasteiger partial charge in [0, 0.05) is 13.1 Å². The molecule has 1 aromatic rings. The highest BCUT2D eigenvalue weighted by atomic mass is 127. The van der Waals surface area contributed by atoms with Crippen LogP contribution in [0.5, 0.6) is 11.5 Å². The number of hydrogen-bond acceptors (Lipinski definition) is 4. The summed E-state index contributed by atoms with van der Waals surface area (Å²) in [5, 5.41) is 6.26. The van der Waals surface area contributed by atoms with Crippen molar-refractivity contribution in [3.63, 3.8) is 0 Å². The molecule has 2 rings (SSSR count). The Bertz CT molecular complexity index is 614. The molecule has 0 aromatic heterocycles. The summed E-state index contributed by atoms with van der Waals surface area (Å²) in [7, 11) is 1.46. The highest BCUT2D eigenvalue weighted by Crippen LogP contribution is 2.32. The number of aliphatic imine (C=N–C) groups is 1. The second kappa shape index (κ2) is 11.4. The summed E-state index contributed by atoms with van der Waals surface area (Å²) in [5.74, 6) is 2.07. The predicted octanol–water partition coefficient (Wildman–Crippen LogP) is 2.97. The molecular formula is C17H26F3IN4O2. The molecule has 0 fully saturated rings. The van der Waals surface area contributed by atoms with Crippen LogP contribution in [0.2, 0.25) is 0 Å². The molecule has 154 valence electrons. The van der Waals surface area contributed by atoms with Gasteiger partial charge in [-0.1, -0.05) is 6.07 Å². The Labute approximate surface area is 174 Å². The maximum absolute atomic E-state index is 12.3. The van der Waals surface area contributed by atoms with E-state index in [0.717, 1.165) is 11.3 Å². The summed E-state index contributed by atoms with van der Waals surface area (Å²) < 4.78 is 47.5. The van der Waals surface area contributed by atoms with Crippen LogP contribution in [0.15, 0.2) is 23.2 Å². The highest BCUT2D eigenvalue weighted by molar-refractivity contribution is 14.0. The average Bonchev–Trinajstić information content (AvgIpc) is 3.02. The molecule has 0 aliphatic carbocycles. The predicted molar refractivity (Wildman–Crippen MR) is 109 cm³/mol. The minimum absolute atomic E-state index is 0. The lowest BCUT2D eigenvalue weighted by atomic mass is 10.2. The Morgan fingerprint density at radius 1 is 1.22 bits per heavy atom. The molecule has 1 aromatic carbocycles. The molecule has 0 radical (unpaired) electrons. The molecule has 2 N–H and O–H groups in total. The van der Waals surface area contributed by atoms with Gasteiger partial charge in [-0.3, -0.25) is 4.90 Å². The van der Waals surface area contributed by atoms with Crippen LogP contribution in [0.3, 0.4) is 0 Å². The number of halogens is 4. The van der Waals surface area contributed by atoms with Crippen LogP contribution < -0.4 is 20.1 Å². The zero-order valence-corrected chi connectivity index (χ0v) is 17.8. The van der Waals surface area contributed by atoms with Gasteiger partial charge >= 0.3 is 6.18 Å². The summed E-state index contributed by atoms with van der Waals surface area (Å²) in [6, 6.07) is 5.66. The Balaban J connectivity index is 0.00000364. The molecule has 6 nitrogen and oxygen atoms in total. The van der Waals surface area contributed by atoms with Crippen molar-refractivity contribution in [3.05, 3.63) is 23.8 Å². The van der Waals surface area contributed by atoms with Gasteiger partial charge in [0.2, 0.25) is 6.79 Å². The van der Waals surface area contributed by atoms with Gasteiger partial charge in [0.05, 0.1) is 13.1 Å². The third kappa shape index (κ3) is 8.87. The fourth-order valence-corrected chi connectivity index (χ4v) is 2.49. The number of hydrogen-bond donors (Lipinski definition) is 2. The summed E-state index contributed by atoms with van der Waals surface area (Å²) in [6.45, 7) is 3.33. The molecular weight excluding hydrogens is 476 g/mol. The zero-order chi connectivity index (χ0) is 19.0. The van der Waals surface area contributed by atoms with Crippen molar-refractivity contribution in [1.82, 2.24) is 15.5 Å². The van der Waals surface area contributed by atoms with Gasteiger partial charge in [0.25, 0.3) is 0 Å². The number of benzene rings is 1. The first kappa shape index (κ1) is 23.6.